The van der Waals surface area contributed by atoms with Crippen molar-refractivity contribution in [2.45, 2.75) is 12.5 Å². The maximum Gasteiger partial charge on any atom is 0.258 e. The number of aromatic nitrogens is 7. The van der Waals surface area contributed by atoms with Crippen LogP contribution in [0.1, 0.15) is 33.5 Å². The minimum atomic E-state index is -0.389. The third kappa shape index (κ3) is 3.12. The van der Waals surface area contributed by atoms with Gasteiger partial charge in [-0.1, -0.05) is 12.1 Å². The second-order valence-corrected chi connectivity index (χ2v) is 8.58. The van der Waals surface area contributed by atoms with Crippen LogP contribution in [0.5, 0.6) is 0 Å². The Hall–Kier alpha value is -4.79. The van der Waals surface area contributed by atoms with E-state index in [0.29, 0.717) is 18.5 Å². The van der Waals surface area contributed by atoms with Gasteiger partial charge in [-0.15, -0.1) is 0 Å². The maximum absolute atomic E-state index is 13.9. The summed E-state index contributed by atoms with van der Waals surface area (Å²) in [7, 11) is 0. The highest BCUT2D eigenvalue weighted by Gasteiger charge is 2.37. The van der Waals surface area contributed by atoms with Crippen molar-refractivity contribution in [2.24, 2.45) is 0 Å². The zero-order chi connectivity index (χ0) is 23.4. The van der Waals surface area contributed by atoms with Crippen molar-refractivity contribution in [2.75, 3.05) is 6.54 Å². The lowest BCUT2D eigenvalue weighted by atomic mass is 9.98. The molecule has 7 heterocycles. The smallest absolute Gasteiger partial charge is 0.258 e. The predicted molar refractivity (Wildman–Crippen MR) is 129 cm³/mol. The van der Waals surface area contributed by atoms with Crippen molar-refractivity contribution in [3.05, 3.63) is 108 Å². The first kappa shape index (κ1) is 19.7. The molecule has 1 atom stereocenters. The molecule has 170 valence electrons. The molecule has 0 saturated carbocycles. The van der Waals surface area contributed by atoms with Gasteiger partial charge >= 0.3 is 0 Å². The summed E-state index contributed by atoms with van der Waals surface area (Å²) in [6.45, 7) is 0.552. The fourth-order valence-corrected chi connectivity index (χ4v) is 4.88. The number of carbonyl (C=O) groups is 1. The summed E-state index contributed by atoms with van der Waals surface area (Å²) in [5.41, 5.74) is 6.70. The highest BCUT2D eigenvalue weighted by atomic mass is 16.2. The summed E-state index contributed by atoms with van der Waals surface area (Å²) < 4.78 is 3.56. The van der Waals surface area contributed by atoms with Crippen molar-refractivity contribution in [1.29, 1.82) is 0 Å². The average molecular weight is 461 g/mol. The molecule has 1 unspecified atom stereocenters. The Morgan fingerprint density at radius 1 is 1.03 bits per heavy atom. The van der Waals surface area contributed by atoms with Gasteiger partial charge in [-0.05, 0) is 42.5 Å². The Labute approximate surface area is 199 Å². The summed E-state index contributed by atoms with van der Waals surface area (Å²) >= 11 is 0. The Bertz CT molecular complexity index is 1660. The Morgan fingerprint density at radius 3 is 2.86 bits per heavy atom. The lowest BCUT2D eigenvalue weighted by Crippen LogP contribution is -2.41. The number of pyridine rings is 3. The number of nitrogens with one attached hydrogen (secondary N) is 1. The third-order valence-corrected chi connectivity index (χ3v) is 6.56. The summed E-state index contributed by atoms with van der Waals surface area (Å²) in [5.74, 6) is -0.0960. The first-order chi connectivity index (χ1) is 17.3. The van der Waals surface area contributed by atoms with Crippen LogP contribution >= 0.6 is 0 Å². The van der Waals surface area contributed by atoms with Gasteiger partial charge in [0.1, 0.15) is 6.04 Å². The molecule has 1 N–H and O–H groups in total. The number of hydrogen-bond acceptors (Lipinski definition) is 5. The lowest BCUT2D eigenvalue weighted by Gasteiger charge is -2.33. The van der Waals surface area contributed by atoms with Gasteiger partial charge < -0.3 is 9.88 Å². The van der Waals surface area contributed by atoms with Crippen molar-refractivity contribution >= 4 is 16.9 Å². The molecular formula is C26H20N8O. The Balaban J connectivity index is 1.30. The van der Waals surface area contributed by atoms with Crippen molar-refractivity contribution < 1.29 is 4.79 Å². The van der Waals surface area contributed by atoms with E-state index < -0.39 is 0 Å². The van der Waals surface area contributed by atoms with E-state index in [1.54, 1.807) is 23.2 Å². The minimum Gasteiger partial charge on any atom is -0.348 e. The molecule has 1 amide bonds. The van der Waals surface area contributed by atoms with E-state index in [0.717, 1.165) is 39.4 Å². The van der Waals surface area contributed by atoms with Crippen LogP contribution in [0.15, 0.2) is 85.7 Å². The van der Waals surface area contributed by atoms with E-state index in [-0.39, 0.29) is 11.9 Å². The molecule has 0 fully saturated rings. The number of fused-ring (bicyclic) bond motifs is 3. The van der Waals surface area contributed by atoms with Gasteiger partial charge in [-0.2, -0.15) is 10.2 Å². The van der Waals surface area contributed by atoms with Gasteiger partial charge in [0.2, 0.25) is 0 Å². The largest absolute Gasteiger partial charge is 0.348 e. The molecule has 0 spiro atoms. The maximum atomic E-state index is 13.9. The van der Waals surface area contributed by atoms with Gasteiger partial charge in [0.05, 0.1) is 46.2 Å². The van der Waals surface area contributed by atoms with Gasteiger partial charge in [0, 0.05) is 42.8 Å². The molecular weight excluding hydrogens is 440 g/mol. The Kier molecular flexibility index (Phi) is 4.28. The molecule has 9 heteroatoms. The van der Waals surface area contributed by atoms with Crippen molar-refractivity contribution in [1.82, 2.24) is 39.1 Å². The van der Waals surface area contributed by atoms with Crippen LogP contribution in [0.4, 0.5) is 0 Å². The van der Waals surface area contributed by atoms with Crippen LogP contribution in [0.3, 0.4) is 0 Å². The normalized spacial score (nSPS) is 15.5. The summed E-state index contributed by atoms with van der Waals surface area (Å²) in [6.07, 6.45) is 9.60. The highest BCUT2D eigenvalue weighted by molar-refractivity contribution is 6.01. The molecule has 1 aliphatic heterocycles. The standard InChI is InChI=1S/C26H20N8O/c35-26(19-14-30-34-15-17(7-8-23(19)34)20-6-1-3-10-27-20)32-12-9-21-24(29-16-28-21)25(32)22-13-18-5-2-4-11-33(18)31-22/h1-8,10-11,13-16,25H,9,12H2,(H,28,29). The lowest BCUT2D eigenvalue weighted by molar-refractivity contribution is 0.0689. The molecule has 1 aliphatic rings. The molecule has 0 bridgehead atoms. The minimum absolute atomic E-state index is 0.0960. The Morgan fingerprint density at radius 2 is 1.97 bits per heavy atom. The number of amides is 1. The summed E-state index contributed by atoms with van der Waals surface area (Å²) in [5, 5.41) is 9.26. The molecule has 0 saturated heterocycles. The van der Waals surface area contributed by atoms with Crippen molar-refractivity contribution in [3.8, 4) is 11.3 Å². The third-order valence-electron chi connectivity index (χ3n) is 6.56. The van der Waals surface area contributed by atoms with Crippen LogP contribution in [-0.2, 0) is 6.42 Å². The van der Waals surface area contributed by atoms with E-state index in [1.807, 2.05) is 76.4 Å². The van der Waals surface area contributed by atoms with Gasteiger partial charge in [-0.3, -0.25) is 9.78 Å². The van der Waals surface area contributed by atoms with Crippen LogP contribution in [-0.4, -0.2) is 51.5 Å². The van der Waals surface area contributed by atoms with E-state index in [9.17, 15) is 4.79 Å². The molecule has 0 radical (unpaired) electrons. The van der Waals surface area contributed by atoms with Crippen LogP contribution < -0.4 is 0 Å². The molecule has 7 rings (SSSR count). The summed E-state index contributed by atoms with van der Waals surface area (Å²) in [6, 6.07) is 17.2. The van der Waals surface area contributed by atoms with E-state index in [4.69, 9.17) is 5.10 Å². The SMILES string of the molecule is O=C(c1cnn2cc(-c3ccccn3)ccc12)N1CCc2[nH]cnc2C1c1cc2ccccn2n1. The number of aromatic amines is 1. The van der Waals surface area contributed by atoms with E-state index >= 15 is 0 Å². The van der Waals surface area contributed by atoms with Crippen LogP contribution in [0.2, 0.25) is 0 Å². The quantitative estimate of drug-likeness (QED) is 0.436. The zero-order valence-corrected chi connectivity index (χ0v) is 18.6. The summed E-state index contributed by atoms with van der Waals surface area (Å²) in [4.78, 5) is 28.0. The highest BCUT2D eigenvalue weighted by Crippen LogP contribution is 2.35. The fourth-order valence-electron chi connectivity index (χ4n) is 4.88. The molecule has 35 heavy (non-hydrogen) atoms. The zero-order valence-electron chi connectivity index (χ0n) is 18.6. The van der Waals surface area contributed by atoms with Crippen molar-refractivity contribution in [3.63, 3.8) is 0 Å². The number of H-pyrrole nitrogens is 1. The topological polar surface area (TPSA) is 96.5 Å². The molecule has 9 nitrogen and oxygen atoms in total. The number of imidazole rings is 1. The molecule has 0 aliphatic carbocycles. The first-order valence-corrected chi connectivity index (χ1v) is 11.4. The first-order valence-electron chi connectivity index (χ1n) is 11.4. The fraction of sp³-hybridized carbons (Fsp3) is 0.115. The van der Waals surface area contributed by atoms with Gasteiger partial charge in [0.25, 0.3) is 5.91 Å². The number of nitrogens with zero attached hydrogens (tertiary/aromatic N) is 7. The molecule has 0 aromatic carbocycles. The predicted octanol–water partition coefficient (Wildman–Crippen LogP) is 3.56. The number of carbonyl (C=O) groups excluding carboxylic acids is 1. The van der Waals surface area contributed by atoms with Gasteiger partial charge in [0.15, 0.2) is 0 Å². The molecule has 6 aromatic heterocycles. The van der Waals surface area contributed by atoms with E-state index in [1.165, 1.54) is 0 Å². The van der Waals surface area contributed by atoms with E-state index in [2.05, 4.69) is 20.1 Å². The van der Waals surface area contributed by atoms with Crippen LogP contribution in [0, 0.1) is 0 Å². The van der Waals surface area contributed by atoms with Gasteiger partial charge in [-0.25, -0.2) is 14.0 Å². The van der Waals surface area contributed by atoms with Crippen LogP contribution in [0.25, 0.3) is 22.3 Å². The number of rotatable bonds is 3. The second-order valence-electron chi connectivity index (χ2n) is 8.58. The monoisotopic (exact) mass is 460 g/mol. The average Bonchev–Trinajstić information content (AvgIpc) is 3.65. The number of hydrogen-bond donors (Lipinski definition) is 1. The molecule has 6 aromatic rings. The second kappa shape index (κ2) is 7.63.